The van der Waals surface area contributed by atoms with Crippen molar-refractivity contribution < 1.29 is 14.6 Å². The first kappa shape index (κ1) is 14.7. The Kier molecular flexibility index (Phi) is 6.19. The molecule has 2 aliphatic rings. The summed E-state index contributed by atoms with van der Waals surface area (Å²) in [7, 11) is 0. The van der Waals surface area contributed by atoms with Crippen molar-refractivity contribution >= 4 is 18.3 Å². The molecule has 3 N–H and O–H groups in total. The van der Waals surface area contributed by atoms with Gasteiger partial charge in [-0.15, -0.1) is 12.4 Å². The molecule has 0 aromatic rings. The van der Waals surface area contributed by atoms with E-state index in [9.17, 15) is 9.90 Å². The number of halogens is 1. The van der Waals surface area contributed by atoms with Crippen LogP contribution in [0.25, 0.3) is 0 Å². The van der Waals surface area contributed by atoms with Crippen molar-refractivity contribution in [1.82, 2.24) is 10.6 Å². The number of aliphatic hydroxyl groups is 1. The average molecular weight is 265 g/mol. The molecule has 1 aliphatic carbocycles. The van der Waals surface area contributed by atoms with Gasteiger partial charge in [-0.1, -0.05) is 12.8 Å². The molecule has 0 radical (unpaired) electrons. The van der Waals surface area contributed by atoms with Gasteiger partial charge in [-0.3, -0.25) is 4.79 Å². The highest BCUT2D eigenvalue weighted by Crippen LogP contribution is 2.18. The van der Waals surface area contributed by atoms with Crippen molar-refractivity contribution in [2.45, 2.75) is 43.9 Å². The number of rotatable bonds is 2. The smallest absolute Gasteiger partial charge is 0.239 e. The lowest BCUT2D eigenvalue weighted by molar-refractivity contribution is -0.127. The molecule has 0 bridgehead atoms. The standard InChI is InChI=1S/C11H20N2O3.ClH/c14-10-4-2-1-3-8(10)13-11(15)9-7-16-6-5-12-9;/h8-10,12,14H,1-7H2,(H,13,15);1H/t8-,9?,10-;/m0./s1. The molecule has 2 fully saturated rings. The second kappa shape index (κ2) is 7.16. The fraction of sp³-hybridized carbons (Fsp3) is 0.909. The zero-order valence-corrected chi connectivity index (χ0v) is 10.7. The van der Waals surface area contributed by atoms with Crippen LogP contribution in [0.3, 0.4) is 0 Å². The van der Waals surface area contributed by atoms with Crippen LogP contribution >= 0.6 is 12.4 Å². The van der Waals surface area contributed by atoms with E-state index in [1.807, 2.05) is 0 Å². The number of hydrogen-bond donors (Lipinski definition) is 3. The predicted octanol–water partition coefficient (Wildman–Crippen LogP) is -0.184. The summed E-state index contributed by atoms with van der Waals surface area (Å²) < 4.78 is 5.23. The fourth-order valence-corrected chi connectivity index (χ4v) is 2.30. The lowest BCUT2D eigenvalue weighted by atomic mass is 9.92. The molecule has 100 valence electrons. The van der Waals surface area contributed by atoms with Crippen LogP contribution < -0.4 is 10.6 Å². The van der Waals surface area contributed by atoms with Gasteiger partial charge in [0.15, 0.2) is 0 Å². The molecule has 0 spiro atoms. The Morgan fingerprint density at radius 1 is 1.35 bits per heavy atom. The first-order valence-corrected chi connectivity index (χ1v) is 6.07. The molecule has 3 atom stereocenters. The summed E-state index contributed by atoms with van der Waals surface area (Å²) in [4.78, 5) is 11.8. The van der Waals surface area contributed by atoms with E-state index >= 15 is 0 Å². The number of amides is 1. The van der Waals surface area contributed by atoms with Crippen molar-refractivity contribution in [3.63, 3.8) is 0 Å². The Balaban J connectivity index is 0.00000144. The van der Waals surface area contributed by atoms with E-state index in [0.29, 0.717) is 19.8 Å². The number of hydrogen-bond acceptors (Lipinski definition) is 4. The third-order valence-electron chi connectivity index (χ3n) is 3.30. The minimum absolute atomic E-state index is 0. The zero-order valence-electron chi connectivity index (χ0n) is 9.85. The van der Waals surface area contributed by atoms with Crippen LogP contribution in [0.2, 0.25) is 0 Å². The van der Waals surface area contributed by atoms with Gasteiger partial charge >= 0.3 is 0 Å². The summed E-state index contributed by atoms with van der Waals surface area (Å²) in [5.41, 5.74) is 0. The summed E-state index contributed by atoms with van der Waals surface area (Å²) in [6, 6.07) is -0.340. The van der Waals surface area contributed by atoms with Crippen molar-refractivity contribution in [3.05, 3.63) is 0 Å². The van der Waals surface area contributed by atoms with E-state index < -0.39 is 0 Å². The van der Waals surface area contributed by atoms with E-state index in [1.54, 1.807) is 0 Å². The lowest BCUT2D eigenvalue weighted by Crippen LogP contribution is -2.55. The van der Waals surface area contributed by atoms with E-state index in [2.05, 4.69) is 10.6 Å². The Morgan fingerprint density at radius 3 is 2.76 bits per heavy atom. The van der Waals surface area contributed by atoms with Gasteiger partial charge in [-0.05, 0) is 12.8 Å². The van der Waals surface area contributed by atoms with Gasteiger partial charge in [0.2, 0.25) is 5.91 Å². The van der Waals surface area contributed by atoms with Crippen molar-refractivity contribution in [2.24, 2.45) is 0 Å². The maximum Gasteiger partial charge on any atom is 0.239 e. The molecule has 17 heavy (non-hydrogen) atoms. The first-order chi connectivity index (χ1) is 7.77. The quantitative estimate of drug-likeness (QED) is 0.647. The van der Waals surface area contributed by atoms with E-state index in [-0.39, 0.29) is 36.5 Å². The van der Waals surface area contributed by atoms with Gasteiger partial charge in [0.05, 0.1) is 25.4 Å². The van der Waals surface area contributed by atoms with Crippen LogP contribution in [0, 0.1) is 0 Å². The van der Waals surface area contributed by atoms with Gasteiger partial charge in [0.25, 0.3) is 0 Å². The van der Waals surface area contributed by atoms with Gasteiger partial charge in [0.1, 0.15) is 6.04 Å². The van der Waals surface area contributed by atoms with Crippen LogP contribution in [-0.4, -0.2) is 49.0 Å². The van der Waals surface area contributed by atoms with Crippen LogP contribution in [0.5, 0.6) is 0 Å². The van der Waals surface area contributed by atoms with Crippen LogP contribution in [0.15, 0.2) is 0 Å². The number of nitrogens with one attached hydrogen (secondary N) is 2. The van der Waals surface area contributed by atoms with Crippen molar-refractivity contribution in [2.75, 3.05) is 19.8 Å². The Labute approximate surface area is 108 Å². The molecule has 1 amide bonds. The molecule has 1 saturated heterocycles. The fourth-order valence-electron chi connectivity index (χ4n) is 2.30. The molecule has 0 aromatic carbocycles. The number of ether oxygens (including phenoxy) is 1. The topological polar surface area (TPSA) is 70.6 Å². The molecule has 0 aromatic heterocycles. The van der Waals surface area contributed by atoms with Crippen LogP contribution in [-0.2, 0) is 9.53 Å². The second-order valence-electron chi connectivity index (χ2n) is 4.55. The Bertz CT molecular complexity index is 247. The van der Waals surface area contributed by atoms with E-state index in [0.717, 1.165) is 25.7 Å². The monoisotopic (exact) mass is 264 g/mol. The summed E-state index contributed by atoms with van der Waals surface area (Å²) in [6.07, 6.45) is 3.41. The molecular weight excluding hydrogens is 244 g/mol. The lowest BCUT2D eigenvalue weighted by Gasteiger charge is -2.31. The number of aliphatic hydroxyl groups excluding tert-OH is 1. The zero-order chi connectivity index (χ0) is 11.4. The predicted molar refractivity (Wildman–Crippen MR) is 66.3 cm³/mol. The Morgan fingerprint density at radius 2 is 2.12 bits per heavy atom. The second-order valence-corrected chi connectivity index (χ2v) is 4.55. The summed E-state index contributed by atoms with van der Waals surface area (Å²) in [6.45, 7) is 1.80. The highest BCUT2D eigenvalue weighted by atomic mass is 35.5. The summed E-state index contributed by atoms with van der Waals surface area (Å²) in [5, 5.41) is 15.8. The minimum atomic E-state index is -0.387. The number of morpholine rings is 1. The number of carbonyl (C=O) groups excluding carboxylic acids is 1. The minimum Gasteiger partial charge on any atom is -0.391 e. The molecular formula is C11H21ClN2O3. The molecule has 2 rings (SSSR count). The third-order valence-corrected chi connectivity index (χ3v) is 3.30. The highest BCUT2D eigenvalue weighted by Gasteiger charge is 2.28. The van der Waals surface area contributed by atoms with Crippen LogP contribution in [0.4, 0.5) is 0 Å². The van der Waals surface area contributed by atoms with E-state index in [4.69, 9.17) is 4.74 Å². The highest BCUT2D eigenvalue weighted by molar-refractivity contribution is 5.85. The van der Waals surface area contributed by atoms with Gasteiger partial charge in [-0.25, -0.2) is 0 Å². The largest absolute Gasteiger partial charge is 0.391 e. The molecule has 6 heteroatoms. The van der Waals surface area contributed by atoms with Crippen molar-refractivity contribution in [3.8, 4) is 0 Å². The molecule has 5 nitrogen and oxygen atoms in total. The van der Waals surface area contributed by atoms with E-state index in [1.165, 1.54) is 0 Å². The third kappa shape index (κ3) is 4.10. The number of carbonyl (C=O) groups is 1. The molecule has 1 saturated carbocycles. The molecule has 1 unspecified atom stereocenters. The Hall–Kier alpha value is -0.360. The van der Waals surface area contributed by atoms with Crippen molar-refractivity contribution in [1.29, 1.82) is 0 Å². The SMILES string of the molecule is Cl.O=C(N[C@H]1CCCC[C@@H]1O)C1COCCN1. The normalized spacial score (nSPS) is 33.6. The summed E-state index contributed by atoms with van der Waals surface area (Å²) >= 11 is 0. The maximum absolute atomic E-state index is 11.8. The average Bonchev–Trinajstić information content (AvgIpc) is 2.33. The van der Waals surface area contributed by atoms with Gasteiger partial charge < -0.3 is 20.5 Å². The maximum atomic E-state index is 11.8. The van der Waals surface area contributed by atoms with Gasteiger partial charge in [0, 0.05) is 6.54 Å². The first-order valence-electron chi connectivity index (χ1n) is 6.07. The summed E-state index contributed by atoms with van der Waals surface area (Å²) in [5.74, 6) is -0.0503. The molecule has 1 heterocycles. The molecule has 1 aliphatic heterocycles. The van der Waals surface area contributed by atoms with Crippen LogP contribution in [0.1, 0.15) is 25.7 Å². The van der Waals surface area contributed by atoms with Gasteiger partial charge in [-0.2, -0.15) is 0 Å².